The Morgan fingerprint density at radius 3 is 2.55 bits per heavy atom. The largest absolute Gasteiger partial charge is 0.0654 e. The van der Waals surface area contributed by atoms with Gasteiger partial charge in [0.05, 0.1) is 0 Å². The third-order valence-electron chi connectivity index (χ3n) is 5.90. The van der Waals surface area contributed by atoms with Crippen molar-refractivity contribution in [3.8, 4) is 0 Å². The molecule has 0 nitrogen and oxygen atoms in total. The SMILES string of the molecule is CCCCCC(C[C@@H]1C[C@H]2CC[C@@H]1C2)c1ccccc1. The molecule has 0 aromatic heterocycles. The number of rotatable bonds is 7. The standard InChI is InChI=1S/C20H30/c1-2-3-5-10-18(17-8-6-4-7-9-17)15-20-14-16-11-12-19(20)13-16/h4,6-9,16,18-20H,2-3,5,10-15H2,1H3/t16-,18?,19+,20-/m0/s1. The zero-order chi connectivity index (χ0) is 13.8. The van der Waals surface area contributed by atoms with Gasteiger partial charge in [-0.25, -0.2) is 0 Å². The Morgan fingerprint density at radius 2 is 1.90 bits per heavy atom. The van der Waals surface area contributed by atoms with Crippen LogP contribution >= 0.6 is 0 Å². The molecule has 2 aliphatic carbocycles. The molecule has 2 fully saturated rings. The average molecular weight is 270 g/mol. The summed E-state index contributed by atoms with van der Waals surface area (Å²) in [5.41, 5.74) is 1.60. The summed E-state index contributed by atoms with van der Waals surface area (Å²) in [6, 6.07) is 11.3. The Kier molecular flexibility index (Phi) is 4.81. The fraction of sp³-hybridized carbons (Fsp3) is 0.700. The van der Waals surface area contributed by atoms with Crippen LogP contribution in [0.2, 0.25) is 0 Å². The summed E-state index contributed by atoms with van der Waals surface area (Å²) in [6.07, 6.45) is 13.2. The van der Waals surface area contributed by atoms with Crippen molar-refractivity contribution in [3.05, 3.63) is 35.9 Å². The normalized spacial score (nSPS) is 29.8. The topological polar surface area (TPSA) is 0 Å². The van der Waals surface area contributed by atoms with E-state index in [1.165, 1.54) is 44.9 Å². The van der Waals surface area contributed by atoms with Crippen LogP contribution in [0.5, 0.6) is 0 Å². The minimum atomic E-state index is 0.826. The maximum absolute atomic E-state index is 2.36. The first-order chi connectivity index (χ1) is 9.86. The minimum Gasteiger partial charge on any atom is -0.0654 e. The van der Waals surface area contributed by atoms with E-state index in [9.17, 15) is 0 Å². The number of fused-ring (bicyclic) bond motifs is 2. The van der Waals surface area contributed by atoms with E-state index in [1.54, 1.807) is 18.4 Å². The van der Waals surface area contributed by atoms with Gasteiger partial charge in [0.2, 0.25) is 0 Å². The highest BCUT2D eigenvalue weighted by atomic mass is 14.4. The highest BCUT2D eigenvalue weighted by Crippen LogP contribution is 2.51. The summed E-state index contributed by atoms with van der Waals surface area (Å²) >= 11 is 0. The smallest absolute Gasteiger partial charge is 0.0159 e. The molecule has 20 heavy (non-hydrogen) atoms. The van der Waals surface area contributed by atoms with Crippen LogP contribution in [0.25, 0.3) is 0 Å². The van der Waals surface area contributed by atoms with Crippen LogP contribution in [-0.2, 0) is 0 Å². The lowest BCUT2D eigenvalue weighted by molar-refractivity contribution is 0.288. The van der Waals surface area contributed by atoms with Crippen LogP contribution in [0.15, 0.2) is 30.3 Å². The molecular weight excluding hydrogens is 240 g/mol. The Balaban J connectivity index is 1.62. The Labute approximate surface area is 125 Å². The second kappa shape index (κ2) is 6.78. The highest BCUT2D eigenvalue weighted by Gasteiger charge is 2.40. The lowest BCUT2D eigenvalue weighted by Gasteiger charge is -2.27. The first-order valence-corrected chi connectivity index (χ1v) is 8.91. The zero-order valence-electron chi connectivity index (χ0n) is 13.1. The van der Waals surface area contributed by atoms with Gasteiger partial charge in [0.25, 0.3) is 0 Å². The summed E-state index contributed by atoms with van der Waals surface area (Å²) in [4.78, 5) is 0. The lowest BCUT2D eigenvalue weighted by Crippen LogP contribution is -2.14. The van der Waals surface area contributed by atoms with Crippen molar-refractivity contribution in [3.63, 3.8) is 0 Å². The molecule has 0 N–H and O–H groups in total. The molecule has 1 unspecified atom stereocenters. The van der Waals surface area contributed by atoms with E-state index in [1.807, 2.05) is 0 Å². The van der Waals surface area contributed by atoms with Crippen LogP contribution in [0.3, 0.4) is 0 Å². The van der Waals surface area contributed by atoms with Crippen LogP contribution in [0.4, 0.5) is 0 Å². The molecular formula is C20H30. The first kappa shape index (κ1) is 14.2. The lowest BCUT2D eigenvalue weighted by atomic mass is 9.78. The van der Waals surface area contributed by atoms with Crippen LogP contribution in [-0.4, -0.2) is 0 Å². The summed E-state index contributed by atoms with van der Waals surface area (Å²) in [5, 5.41) is 0. The fourth-order valence-corrected chi connectivity index (χ4v) is 4.82. The van der Waals surface area contributed by atoms with Gasteiger partial charge in [0.1, 0.15) is 0 Å². The van der Waals surface area contributed by atoms with Crippen molar-refractivity contribution >= 4 is 0 Å². The van der Waals surface area contributed by atoms with Gasteiger partial charge in [-0.3, -0.25) is 0 Å². The summed E-state index contributed by atoms with van der Waals surface area (Å²) in [5.74, 6) is 4.04. The molecule has 1 aromatic carbocycles. The van der Waals surface area contributed by atoms with Crippen LogP contribution in [0, 0.1) is 17.8 Å². The summed E-state index contributed by atoms with van der Waals surface area (Å²) in [6.45, 7) is 2.31. The number of hydrogen-bond donors (Lipinski definition) is 0. The van der Waals surface area contributed by atoms with E-state index in [-0.39, 0.29) is 0 Å². The maximum atomic E-state index is 2.36. The molecule has 0 radical (unpaired) electrons. The Hall–Kier alpha value is -0.780. The van der Waals surface area contributed by atoms with Gasteiger partial charge >= 0.3 is 0 Å². The van der Waals surface area contributed by atoms with Crippen molar-refractivity contribution < 1.29 is 0 Å². The van der Waals surface area contributed by atoms with Gasteiger partial charge in [0.15, 0.2) is 0 Å². The Bertz CT molecular complexity index is 394. The van der Waals surface area contributed by atoms with E-state index >= 15 is 0 Å². The molecule has 2 aliphatic rings. The van der Waals surface area contributed by atoms with Gasteiger partial charge in [-0.05, 0) is 61.3 Å². The van der Waals surface area contributed by atoms with Gasteiger partial charge < -0.3 is 0 Å². The predicted molar refractivity (Wildman–Crippen MR) is 86.9 cm³/mol. The number of benzene rings is 1. The van der Waals surface area contributed by atoms with E-state index in [0.717, 1.165) is 23.7 Å². The quantitative estimate of drug-likeness (QED) is 0.519. The summed E-state index contributed by atoms with van der Waals surface area (Å²) < 4.78 is 0. The van der Waals surface area contributed by atoms with E-state index in [2.05, 4.69) is 37.3 Å². The third-order valence-corrected chi connectivity index (χ3v) is 5.90. The highest BCUT2D eigenvalue weighted by molar-refractivity contribution is 5.19. The van der Waals surface area contributed by atoms with Gasteiger partial charge in [-0.15, -0.1) is 0 Å². The predicted octanol–water partition coefficient (Wildman–Crippen LogP) is 6.18. The molecule has 0 amide bonds. The molecule has 0 heteroatoms. The first-order valence-electron chi connectivity index (χ1n) is 8.91. The van der Waals surface area contributed by atoms with Gasteiger partial charge in [0, 0.05) is 0 Å². The molecule has 110 valence electrons. The fourth-order valence-electron chi connectivity index (χ4n) is 4.82. The summed E-state index contributed by atoms with van der Waals surface area (Å²) in [7, 11) is 0. The molecule has 3 rings (SSSR count). The van der Waals surface area contributed by atoms with Crippen LogP contribution < -0.4 is 0 Å². The van der Waals surface area contributed by atoms with Crippen molar-refractivity contribution in [2.45, 2.75) is 70.6 Å². The van der Waals surface area contributed by atoms with Gasteiger partial charge in [-0.2, -0.15) is 0 Å². The van der Waals surface area contributed by atoms with Crippen molar-refractivity contribution in [1.82, 2.24) is 0 Å². The number of unbranched alkanes of at least 4 members (excludes halogenated alkanes) is 2. The van der Waals surface area contributed by atoms with Crippen molar-refractivity contribution in [2.24, 2.45) is 17.8 Å². The van der Waals surface area contributed by atoms with E-state index < -0.39 is 0 Å². The van der Waals surface area contributed by atoms with E-state index in [0.29, 0.717) is 0 Å². The minimum absolute atomic E-state index is 0.826. The number of hydrogen-bond acceptors (Lipinski definition) is 0. The second-order valence-corrected chi connectivity index (χ2v) is 7.27. The molecule has 0 spiro atoms. The van der Waals surface area contributed by atoms with Crippen molar-refractivity contribution in [2.75, 3.05) is 0 Å². The molecule has 2 saturated carbocycles. The molecule has 4 atom stereocenters. The molecule has 0 aliphatic heterocycles. The third kappa shape index (κ3) is 3.27. The Morgan fingerprint density at radius 1 is 1.05 bits per heavy atom. The average Bonchev–Trinajstić information content (AvgIpc) is 3.10. The molecule has 2 bridgehead atoms. The monoisotopic (exact) mass is 270 g/mol. The van der Waals surface area contributed by atoms with Crippen molar-refractivity contribution in [1.29, 1.82) is 0 Å². The van der Waals surface area contributed by atoms with Crippen LogP contribution in [0.1, 0.15) is 76.2 Å². The maximum Gasteiger partial charge on any atom is -0.0159 e. The van der Waals surface area contributed by atoms with Gasteiger partial charge in [-0.1, -0.05) is 62.9 Å². The van der Waals surface area contributed by atoms with E-state index in [4.69, 9.17) is 0 Å². The molecule has 0 heterocycles. The zero-order valence-corrected chi connectivity index (χ0v) is 13.1. The molecule has 1 aromatic rings. The molecule has 0 saturated heterocycles. The second-order valence-electron chi connectivity index (χ2n) is 7.27.